The van der Waals surface area contributed by atoms with Gasteiger partial charge in [0.1, 0.15) is 11.5 Å². The summed E-state index contributed by atoms with van der Waals surface area (Å²) in [5.74, 6) is 0.655. The number of carbonyl (C=O) groups excluding carboxylic acids is 2. The van der Waals surface area contributed by atoms with Crippen molar-refractivity contribution in [2.45, 2.75) is 26.2 Å². The van der Waals surface area contributed by atoms with Gasteiger partial charge in [0.05, 0.1) is 17.1 Å². The Kier molecular flexibility index (Phi) is 7.37. The van der Waals surface area contributed by atoms with Gasteiger partial charge in [-0.25, -0.2) is 0 Å². The minimum Gasteiger partial charge on any atom is -0.506 e. The van der Waals surface area contributed by atoms with E-state index in [1.165, 1.54) is 0 Å². The maximum atomic E-state index is 12.9. The fourth-order valence-electron chi connectivity index (χ4n) is 3.64. The van der Waals surface area contributed by atoms with Crippen molar-refractivity contribution in [2.75, 3.05) is 33.3 Å². The second kappa shape index (κ2) is 9.98. The number of rotatable bonds is 5. The Balaban J connectivity index is 1.57. The molecule has 2 aromatic rings. The van der Waals surface area contributed by atoms with Crippen LogP contribution in [0.15, 0.2) is 40.9 Å². The van der Waals surface area contributed by atoms with E-state index < -0.39 is 0 Å². The molecule has 0 bridgehead atoms. The summed E-state index contributed by atoms with van der Waals surface area (Å²) in [4.78, 5) is 29.2. The maximum Gasteiger partial charge on any atom is 0.257 e. The van der Waals surface area contributed by atoms with Crippen LogP contribution in [0, 0.1) is 6.92 Å². The number of halogens is 1. The summed E-state index contributed by atoms with van der Waals surface area (Å²) in [5, 5.41) is 10.3. The third-order valence-corrected chi connectivity index (χ3v) is 5.97. The second-order valence-electron chi connectivity index (χ2n) is 7.52. The van der Waals surface area contributed by atoms with E-state index in [0.717, 1.165) is 16.9 Å². The molecule has 0 atom stereocenters. The zero-order chi connectivity index (χ0) is 21.7. The quantitative estimate of drug-likeness (QED) is 0.715. The number of aryl methyl sites for hydroxylation is 2. The van der Waals surface area contributed by atoms with Gasteiger partial charge < -0.3 is 19.6 Å². The highest BCUT2D eigenvalue weighted by Gasteiger charge is 2.25. The first-order valence-corrected chi connectivity index (χ1v) is 10.9. The number of ether oxygens (including phenoxy) is 1. The maximum absolute atomic E-state index is 12.9. The Bertz CT molecular complexity index is 914. The van der Waals surface area contributed by atoms with Crippen molar-refractivity contribution >= 4 is 27.7 Å². The number of phenolic OH excluding ortho intramolecular Hbond substituents is 1. The predicted octanol–water partition coefficient (Wildman–Crippen LogP) is 3.78. The van der Waals surface area contributed by atoms with Gasteiger partial charge in [0.2, 0.25) is 5.91 Å². The van der Waals surface area contributed by atoms with Gasteiger partial charge in [-0.3, -0.25) is 9.59 Å². The van der Waals surface area contributed by atoms with E-state index >= 15 is 0 Å². The number of nitrogens with zero attached hydrogens (tertiary/aromatic N) is 2. The molecule has 1 fully saturated rings. The summed E-state index contributed by atoms with van der Waals surface area (Å²) < 4.78 is 5.67. The van der Waals surface area contributed by atoms with Gasteiger partial charge >= 0.3 is 0 Å². The monoisotopic (exact) mass is 474 g/mol. The fourth-order valence-corrected chi connectivity index (χ4v) is 4.21. The molecule has 2 amide bonds. The second-order valence-corrected chi connectivity index (χ2v) is 8.37. The number of methoxy groups -OCH3 is 1. The van der Waals surface area contributed by atoms with E-state index in [1.807, 2.05) is 36.1 Å². The normalized spacial score (nSPS) is 14.4. The van der Waals surface area contributed by atoms with Gasteiger partial charge in [-0.1, -0.05) is 12.1 Å². The lowest BCUT2D eigenvalue weighted by Crippen LogP contribution is -2.37. The van der Waals surface area contributed by atoms with Crippen molar-refractivity contribution in [1.82, 2.24) is 9.80 Å². The number of hydrogen-bond acceptors (Lipinski definition) is 4. The van der Waals surface area contributed by atoms with E-state index in [1.54, 1.807) is 24.1 Å². The molecule has 2 aromatic carbocycles. The van der Waals surface area contributed by atoms with Gasteiger partial charge in [-0.15, -0.1) is 0 Å². The molecule has 0 saturated carbocycles. The van der Waals surface area contributed by atoms with Gasteiger partial charge in [-0.2, -0.15) is 0 Å². The molecule has 30 heavy (non-hydrogen) atoms. The average Bonchev–Trinajstić information content (AvgIpc) is 3.01. The van der Waals surface area contributed by atoms with Crippen molar-refractivity contribution in [3.05, 3.63) is 57.6 Å². The highest BCUT2D eigenvalue weighted by atomic mass is 79.9. The molecule has 0 aliphatic carbocycles. The molecule has 0 radical (unpaired) electrons. The molecule has 0 aromatic heterocycles. The van der Waals surface area contributed by atoms with Crippen molar-refractivity contribution in [1.29, 1.82) is 0 Å². The summed E-state index contributed by atoms with van der Waals surface area (Å²) in [7, 11) is 1.63. The van der Waals surface area contributed by atoms with Crippen molar-refractivity contribution in [2.24, 2.45) is 0 Å². The lowest BCUT2D eigenvalue weighted by molar-refractivity contribution is -0.131. The number of aromatic hydroxyl groups is 1. The molecule has 7 heteroatoms. The molecule has 160 valence electrons. The Morgan fingerprint density at radius 1 is 1.07 bits per heavy atom. The molecular weight excluding hydrogens is 448 g/mol. The van der Waals surface area contributed by atoms with Crippen LogP contribution in [0.25, 0.3) is 0 Å². The highest BCUT2D eigenvalue weighted by molar-refractivity contribution is 9.10. The van der Waals surface area contributed by atoms with Crippen molar-refractivity contribution in [3.63, 3.8) is 0 Å². The first-order chi connectivity index (χ1) is 14.4. The smallest absolute Gasteiger partial charge is 0.257 e. The van der Waals surface area contributed by atoms with Gasteiger partial charge in [-0.05, 0) is 71.1 Å². The predicted molar refractivity (Wildman–Crippen MR) is 119 cm³/mol. The van der Waals surface area contributed by atoms with Crippen LogP contribution in [-0.2, 0) is 11.2 Å². The summed E-state index contributed by atoms with van der Waals surface area (Å²) in [5.41, 5.74) is 2.28. The Hall–Kier alpha value is -2.54. The minimum atomic E-state index is -0.204. The number of amides is 2. The summed E-state index contributed by atoms with van der Waals surface area (Å²) >= 11 is 3.30. The Labute approximate surface area is 185 Å². The molecule has 1 aliphatic heterocycles. The van der Waals surface area contributed by atoms with Crippen LogP contribution in [0.2, 0.25) is 0 Å². The minimum absolute atomic E-state index is 0.0396. The lowest BCUT2D eigenvalue weighted by atomic mass is 10.1. The number of phenols is 1. The molecular formula is C23H27BrN2O4. The number of carbonyl (C=O) groups is 2. The van der Waals surface area contributed by atoms with Crippen LogP contribution < -0.4 is 4.74 Å². The average molecular weight is 475 g/mol. The van der Waals surface area contributed by atoms with Crippen LogP contribution in [0.4, 0.5) is 0 Å². The van der Waals surface area contributed by atoms with Crippen LogP contribution in [0.3, 0.4) is 0 Å². The third-order valence-electron chi connectivity index (χ3n) is 5.36. The highest BCUT2D eigenvalue weighted by Crippen LogP contribution is 2.30. The van der Waals surface area contributed by atoms with E-state index in [9.17, 15) is 14.7 Å². The summed E-state index contributed by atoms with van der Waals surface area (Å²) in [6.45, 7) is 4.03. The molecule has 1 saturated heterocycles. The van der Waals surface area contributed by atoms with E-state index in [4.69, 9.17) is 4.74 Å². The van der Waals surface area contributed by atoms with Gasteiger partial charge in [0, 0.05) is 32.6 Å². The molecule has 3 rings (SSSR count). The lowest BCUT2D eigenvalue weighted by Gasteiger charge is -2.23. The van der Waals surface area contributed by atoms with Crippen molar-refractivity contribution in [3.8, 4) is 11.5 Å². The van der Waals surface area contributed by atoms with Gasteiger partial charge in [0.25, 0.3) is 5.91 Å². The fraction of sp³-hybridized carbons (Fsp3) is 0.391. The van der Waals surface area contributed by atoms with E-state index in [-0.39, 0.29) is 17.6 Å². The Morgan fingerprint density at radius 3 is 2.43 bits per heavy atom. The third kappa shape index (κ3) is 5.33. The van der Waals surface area contributed by atoms with E-state index in [0.29, 0.717) is 55.5 Å². The topological polar surface area (TPSA) is 70.1 Å². The van der Waals surface area contributed by atoms with Crippen molar-refractivity contribution < 1.29 is 19.4 Å². The Morgan fingerprint density at radius 2 is 1.73 bits per heavy atom. The van der Waals surface area contributed by atoms with Crippen LogP contribution in [-0.4, -0.2) is 60.0 Å². The SMILES string of the molecule is COc1ccc(CCC(=O)N2CCCN(C(=O)c3cc(C)cc(Br)c3O)CC2)cc1. The summed E-state index contributed by atoms with van der Waals surface area (Å²) in [6, 6.07) is 11.2. The molecule has 0 unspecified atom stereocenters. The molecule has 1 N–H and O–H groups in total. The van der Waals surface area contributed by atoms with Crippen LogP contribution in [0.5, 0.6) is 11.5 Å². The number of hydrogen-bond donors (Lipinski definition) is 1. The standard InChI is InChI=1S/C23H27BrN2O4/c1-16-14-19(22(28)20(24)15-16)23(29)26-11-3-10-25(12-13-26)21(27)9-6-17-4-7-18(30-2)8-5-17/h4-5,7-8,14-15,28H,3,6,9-13H2,1-2H3. The summed E-state index contributed by atoms with van der Waals surface area (Å²) in [6.07, 6.45) is 1.83. The first kappa shape index (κ1) is 22.2. The molecule has 1 heterocycles. The first-order valence-electron chi connectivity index (χ1n) is 10.1. The van der Waals surface area contributed by atoms with E-state index in [2.05, 4.69) is 15.9 Å². The number of benzene rings is 2. The zero-order valence-electron chi connectivity index (χ0n) is 17.4. The largest absolute Gasteiger partial charge is 0.506 e. The molecule has 6 nitrogen and oxygen atoms in total. The van der Waals surface area contributed by atoms with Crippen LogP contribution in [0.1, 0.15) is 34.3 Å². The molecule has 0 spiro atoms. The van der Waals surface area contributed by atoms with Gasteiger partial charge in [0.15, 0.2) is 0 Å². The molecule has 1 aliphatic rings. The van der Waals surface area contributed by atoms with Crippen LogP contribution >= 0.6 is 15.9 Å². The zero-order valence-corrected chi connectivity index (χ0v) is 18.9.